The fourth-order valence-corrected chi connectivity index (χ4v) is 2.06. The Balaban J connectivity index is 2.34. The minimum Gasteiger partial charge on any atom is -0.347 e. The number of nitrogens with zero attached hydrogens (tertiary/aromatic N) is 4. The van der Waals surface area contributed by atoms with E-state index in [1.807, 2.05) is 4.90 Å². The summed E-state index contributed by atoms with van der Waals surface area (Å²) in [6.07, 6.45) is 0. The first kappa shape index (κ1) is 12.8. The quantitative estimate of drug-likeness (QED) is 0.704. The highest BCUT2D eigenvalue weighted by Crippen LogP contribution is 2.27. The molecule has 0 atom stereocenters. The van der Waals surface area contributed by atoms with Crippen LogP contribution in [0.15, 0.2) is 9.59 Å². The largest absolute Gasteiger partial charge is 0.347 e. The van der Waals surface area contributed by atoms with E-state index in [-0.39, 0.29) is 11.1 Å². The van der Waals surface area contributed by atoms with Gasteiger partial charge >= 0.3 is 5.69 Å². The number of aryl methyl sites for hydroxylation is 1. The van der Waals surface area contributed by atoms with Gasteiger partial charge in [-0.1, -0.05) is 13.8 Å². The van der Waals surface area contributed by atoms with Gasteiger partial charge in [-0.05, 0) is 5.92 Å². The summed E-state index contributed by atoms with van der Waals surface area (Å²) in [6, 6.07) is 0. The molecule has 1 aliphatic rings. The second-order valence-electron chi connectivity index (χ2n) is 5.34. The van der Waals surface area contributed by atoms with Crippen LogP contribution in [-0.4, -0.2) is 33.0 Å². The lowest BCUT2D eigenvalue weighted by Gasteiger charge is -2.50. The van der Waals surface area contributed by atoms with Crippen molar-refractivity contribution >= 4 is 5.82 Å². The Morgan fingerprint density at radius 1 is 1.28 bits per heavy atom. The fourth-order valence-electron chi connectivity index (χ4n) is 2.06. The molecule has 1 aromatic heterocycles. The third-order valence-corrected chi connectivity index (χ3v) is 3.72. The summed E-state index contributed by atoms with van der Waals surface area (Å²) in [7, 11) is 2.98. The molecule has 2 N–H and O–H groups in total. The zero-order valence-electron chi connectivity index (χ0n) is 11.2. The van der Waals surface area contributed by atoms with Crippen molar-refractivity contribution in [2.75, 3.05) is 18.0 Å². The van der Waals surface area contributed by atoms with E-state index in [4.69, 9.17) is 5.73 Å². The van der Waals surface area contributed by atoms with Gasteiger partial charge in [0.1, 0.15) is 0 Å². The Bertz CT molecular complexity index is 580. The molecule has 0 bridgehead atoms. The summed E-state index contributed by atoms with van der Waals surface area (Å²) in [4.78, 5) is 25.3. The van der Waals surface area contributed by atoms with Crippen LogP contribution in [0.3, 0.4) is 0 Å². The molecule has 0 amide bonds. The maximum absolute atomic E-state index is 12.0. The van der Waals surface area contributed by atoms with Gasteiger partial charge in [0.05, 0.1) is 5.54 Å². The summed E-state index contributed by atoms with van der Waals surface area (Å²) in [5.74, 6) is 0.631. The Hall–Kier alpha value is -1.63. The monoisotopic (exact) mass is 253 g/mol. The Kier molecular flexibility index (Phi) is 2.81. The molecule has 7 heteroatoms. The van der Waals surface area contributed by atoms with Crippen molar-refractivity contribution in [1.82, 2.24) is 14.3 Å². The van der Waals surface area contributed by atoms with Gasteiger partial charge in [-0.15, -0.1) is 5.10 Å². The van der Waals surface area contributed by atoms with Crippen molar-refractivity contribution in [3.8, 4) is 0 Å². The second-order valence-corrected chi connectivity index (χ2v) is 5.34. The predicted molar refractivity (Wildman–Crippen MR) is 68.7 cm³/mol. The zero-order valence-corrected chi connectivity index (χ0v) is 11.2. The van der Waals surface area contributed by atoms with Crippen LogP contribution in [-0.2, 0) is 14.1 Å². The smallest absolute Gasteiger partial charge is 0.346 e. The molecule has 0 saturated carbocycles. The van der Waals surface area contributed by atoms with E-state index in [9.17, 15) is 9.59 Å². The van der Waals surface area contributed by atoms with Crippen LogP contribution in [0.25, 0.3) is 0 Å². The molecule has 1 aliphatic heterocycles. The molecular formula is C11H19N5O2. The molecule has 0 aromatic carbocycles. The highest BCUT2D eigenvalue weighted by atomic mass is 16.2. The van der Waals surface area contributed by atoms with E-state index in [1.54, 1.807) is 0 Å². The van der Waals surface area contributed by atoms with E-state index >= 15 is 0 Å². The van der Waals surface area contributed by atoms with Crippen LogP contribution >= 0.6 is 0 Å². The van der Waals surface area contributed by atoms with Gasteiger partial charge in [-0.3, -0.25) is 9.36 Å². The van der Waals surface area contributed by atoms with E-state index in [0.717, 1.165) is 4.57 Å². The topological polar surface area (TPSA) is 86.2 Å². The molecule has 1 fully saturated rings. The first-order chi connectivity index (χ1) is 8.26. The predicted octanol–water partition coefficient (Wildman–Crippen LogP) is -1.35. The van der Waals surface area contributed by atoms with Crippen molar-refractivity contribution < 1.29 is 0 Å². The summed E-state index contributed by atoms with van der Waals surface area (Å²) in [5, 5.41) is 4.02. The van der Waals surface area contributed by atoms with Crippen molar-refractivity contribution in [2.24, 2.45) is 25.7 Å². The summed E-state index contributed by atoms with van der Waals surface area (Å²) >= 11 is 0. The number of hydrogen-bond donors (Lipinski definition) is 1. The summed E-state index contributed by atoms with van der Waals surface area (Å²) in [6.45, 7) is 5.30. The fraction of sp³-hybridized carbons (Fsp3) is 0.727. The SMILES string of the molecule is CC(C)C1(N)CN(c2nn(C)c(=O)n(C)c2=O)C1. The van der Waals surface area contributed by atoms with E-state index in [2.05, 4.69) is 18.9 Å². The number of hydrogen-bond acceptors (Lipinski definition) is 5. The molecule has 2 rings (SSSR count). The van der Waals surface area contributed by atoms with Crippen molar-refractivity contribution in [1.29, 1.82) is 0 Å². The second kappa shape index (κ2) is 3.94. The highest BCUT2D eigenvalue weighted by molar-refractivity contribution is 5.42. The van der Waals surface area contributed by atoms with E-state index in [1.165, 1.54) is 18.8 Å². The van der Waals surface area contributed by atoms with Crippen molar-refractivity contribution in [2.45, 2.75) is 19.4 Å². The number of rotatable bonds is 2. The van der Waals surface area contributed by atoms with Gasteiger partial charge in [-0.2, -0.15) is 0 Å². The number of nitrogens with two attached hydrogens (primary N) is 1. The average Bonchev–Trinajstić information content (AvgIpc) is 2.27. The van der Waals surface area contributed by atoms with Gasteiger partial charge in [0.2, 0.25) is 5.82 Å². The van der Waals surface area contributed by atoms with Crippen LogP contribution in [0, 0.1) is 5.92 Å². The zero-order chi connectivity index (χ0) is 13.7. The van der Waals surface area contributed by atoms with Crippen LogP contribution < -0.4 is 21.9 Å². The Morgan fingerprint density at radius 3 is 2.33 bits per heavy atom. The maximum atomic E-state index is 12.0. The molecule has 1 aromatic rings. The third kappa shape index (κ3) is 1.74. The van der Waals surface area contributed by atoms with E-state index in [0.29, 0.717) is 24.8 Å². The lowest BCUT2D eigenvalue weighted by molar-refractivity contribution is 0.241. The van der Waals surface area contributed by atoms with Crippen molar-refractivity contribution in [3.63, 3.8) is 0 Å². The standard InChI is InChI=1S/C11H19N5O2/c1-7(2)11(12)5-16(6-11)8-9(17)14(3)10(18)15(4)13-8/h7H,5-6,12H2,1-4H3. The maximum Gasteiger partial charge on any atom is 0.346 e. The molecule has 18 heavy (non-hydrogen) atoms. The normalized spacial score (nSPS) is 18.0. The van der Waals surface area contributed by atoms with E-state index < -0.39 is 5.69 Å². The number of aromatic nitrogens is 3. The van der Waals surface area contributed by atoms with Crippen LogP contribution in [0.2, 0.25) is 0 Å². The first-order valence-corrected chi connectivity index (χ1v) is 5.94. The van der Waals surface area contributed by atoms with Crippen molar-refractivity contribution in [3.05, 3.63) is 20.8 Å². The van der Waals surface area contributed by atoms with Crippen LogP contribution in [0.5, 0.6) is 0 Å². The van der Waals surface area contributed by atoms with Gasteiger partial charge in [0.15, 0.2) is 0 Å². The molecule has 100 valence electrons. The third-order valence-electron chi connectivity index (χ3n) is 3.72. The molecule has 0 unspecified atom stereocenters. The minimum absolute atomic E-state index is 0.276. The molecule has 0 radical (unpaired) electrons. The Labute approximate surface area is 105 Å². The molecule has 1 saturated heterocycles. The molecule has 0 aliphatic carbocycles. The summed E-state index contributed by atoms with van der Waals surface area (Å²) in [5.41, 5.74) is 5.11. The average molecular weight is 253 g/mol. The lowest BCUT2D eigenvalue weighted by atomic mass is 9.80. The summed E-state index contributed by atoms with van der Waals surface area (Å²) < 4.78 is 2.23. The van der Waals surface area contributed by atoms with Crippen LogP contribution in [0.4, 0.5) is 5.82 Å². The van der Waals surface area contributed by atoms with Crippen LogP contribution in [0.1, 0.15) is 13.8 Å². The Morgan fingerprint density at radius 2 is 1.83 bits per heavy atom. The molecule has 0 spiro atoms. The first-order valence-electron chi connectivity index (χ1n) is 5.94. The molecule has 2 heterocycles. The molecular weight excluding hydrogens is 234 g/mol. The molecule has 7 nitrogen and oxygen atoms in total. The highest BCUT2D eigenvalue weighted by Gasteiger charge is 2.43. The number of anilines is 1. The van der Waals surface area contributed by atoms with Gasteiger partial charge in [-0.25, -0.2) is 9.48 Å². The van der Waals surface area contributed by atoms with Gasteiger partial charge in [0, 0.05) is 27.2 Å². The lowest BCUT2D eigenvalue weighted by Crippen LogP contribution is -2.71. The van der Waals surface area contributed by atoms with Gasteiger partial charge in [0.25, 0.3) is 5.56 Å². The van der Waals surface area contributed by atoms with Gasteiger partial charge < -0.3 is 10.6 Å². The minimum atomic E-state index is -0.424.